The molecule has 0 aliphatic rings. The zero-order chi connectivity index (χ0) is 14.7. The number of hydrogen-bond donors (Lipinski definition) is 1. The van der Waals surface area contributed by atoms with Crippen molar-refractivity contribution in [2.24, 2.45) is 0 Å². The Hall–Kier alpha value is -1.45. The van der Waals surface area contributed by atoms with Gasteiger partial charge in [-0.25, -0.2) is 8.78 Å². The first-order valence-corrected chi connectivity index (χ1v) is 6.85. The topological polar surface area (TPSA) is 12.0 Å². The van der Waals surface area contributed by atoms with Gasteiger partial charge in [-0.15, -0.1) is 0 Å². The van der Waals surface area contributed by atoms with Crippen LogP contribution in [-0.2, 0) is 0 Å². The summed E-state index contributed by atoms with van der Waals surface area (Å²) in [6.45, 7) is 4.36. The van der Waals surface area contributed by atoms with Crippen molar-refractivity contribution in [2.45, 2.75) is 19.9 Å². The molecule has 0 heterocycles. The van der Waals surface area contributed by atoms with E-state index in [2.05, 4.69) is 5.32 Å². The average Bonchev–Trinajstić information content (AvgIpc) is 2.41. The lowest BCUT2D eigenvalue weighted by Crippen LogP contribution is -2.24. The van der Waals surface area contributed by atoms with Gasteiger partial charge in [0, 0.05) is 10.6 Å². The molecule has 1 unspecified atom stereocenters. The number of nitrogens with one attached hydrogen (secondary N) is 1. The van der Waals surface area contributed by atoms with E-state index >= 15 is 0 Å². The molecule has 0 bridgehead atoms. The summed E-state index contributed by atoms with van der Waals surface area (Å²) in [7, 11) is 0. The lowest BCUT2D eigenvalue weighted by Gasteiger charge is -2.20. The highest BCUT2D eigenvalue weighted by Gasteiger charge is 2.21. The molecule has 0 aliphatic heterocycles. The third kappa shape index (κ3) is 3.00. The van der Waals surface area contributed by atoms with E-state index < -0.39 is 17.7 Å². The van der Waals surface area contributed by atoms with Crippen molar-refractivity contribution in [1.82, 2.24) is 5.32 Å². The Morgan fingerprint density at radius 2 is 1.80 bits per heavy atom. The van der Waals surface area contributed by atoms with Crippen LogP contribution in [0.15, 0.2) is 36.4 Å². The van der Waals surface area contributed by atoms with Gasteiger partial charge in [-0.3, -0.25) is 0 Å². The minimum atomic E-state index is -0.562. The maximum absolute atomic E-state index is 14.0. The predicted molar refractivity (Wildman–Crippen MR) is 78.1 cm³/mol. The van der Waals surface area contributed by atoms with Crippen LogP contribution in [0.25, 0.3) is 0 Å². The van der Waals surface area contributed by atoms with Gasteiger partial charge >= 0.3 is 0 Å². The molecule has 0 saturated carbocycles. The van der Waals surface area contributed by atoms with Crippen molar-refractivity contribution in [3.63, 3.8) is 0 Å². The van der Waals surface area contributed by atoms with E-state index in [1.54, 1.807) is 6.07 Å². The molecule has 1 N–H and O–H groups in total. The molecule has 0 spiro atoms. The Kier molecular flexibility index (Phi) is 4.73. The van der Waals surface area contributed by atoms with Gasteiger partial charge < -0.3 is 5.32 Å². The average molecular weight is 296 g/mol. The normalized spacial score (nSPS) is 12.4. The molecule has 4 heteroatoms. The molecule has 106 valence electrons. The number of rotatable bonds is 4. The number of aryl methyl sites for hydroxylation is 1. The second-order valence-electron chi connectivity index (χ2n) is 4.63. The van der Waals surface area contributed by atoms with Gasteiger partial charge in [0.15, 0.2) is 0 Å². The summed E-state index contributed by atoms with van der Waals surface area (Å²) in [5, 5.41) is 3.69. The van der Waals surface area contributed by atoms with Crippen molar-refractivity contribution in [3.05, 3.63) is 69.7 Å². The molecule has 0 aromatic heterocycles. The highest BCUT2D eigenvalue weighted by Crippen LogP contribution is 2.29. The lowest BCUT2D eigenvalue weighted by atomic mass is 9.96. The van der Waals surface area contributed by atoms with Crippen LogP contribution in [-0.4, -0.2) is 6.54 Å². The van der Waals surface area contributed by atoms with E-state index in [1.165, 1.54) is 18.2 Å². The molecular weight excluding hydrogens is 280 g/mol. The highest BCUT2D eigenvalue weighted by molar-refractivity contribution is 6.31. The summed E-state index contributed by atoms with van der Waals surface area (Å²) < 4.78 is 28.0. The van der Waals surface area contributed by atoms with Crippen molar-refractivity contribution in [1.29, 1.82) is 0 Å². The molecule has 0 saturated heterocycles. The van der Waals surface area contributed by atoms with Gasteiger partial charge in [0.2, 0.25) is 0 Å². The minimum Gasteiger partial charge on any atom is -0.306 e. The summed E-state index contributed by atoms with van der Waals surface area (Å²) in [5.74, 6) is -1.12. The van der Waals surface area contributed by atoms with Crippen molar-refractivity contribution >= 4 is 11.6 Å². The monoisotopic (exact) mass is 295 g/mol. The van der Waals surface area contributed by atoms with Crippen LogP contribution in [0, 0.1) is 18.6 Å². The van der Waals surface area contributed by atoms with Gasteiger partial charge in [0.05, 0.1) is 6.04 Å². The Labute approximate surface area is 122 Å². The Balaban J connectivity index is 2.53. The number of halogens is 3. The molecule has 20 heavy (non-hydrogen) atoms. The standard InChI is InChI=1S/C16H16ClF2N/c1-3-20-16(11-8-7-10(2)12(17)9-11)15-13(18)5-4-6-14(15)19/h4-9,16,20H,3H2,1-2H3. The van der Waals surface area contributed by atoms with E-state index in [1.807, 2.05) is 26.0 Å². The second kappa shape index (κ2) is 6.33. The number of benzene rings is 2. The molecule has 2 rings (SSSR count). The SMILES string of the molecule is CCNC(c1ccc(C)c(Cl)c1)c1c(F)cccc1F. The summed E-state index contributed by atoms with van der Waals surface area (Å²) in [6.07, 6.45) is 0. The van der Waals surface area contributed by atoms with Crippen LogP contribution in [0.4, 0.5) is 8.78 Å². The first-order valence-electron chi connectivity index (χ1n) is 6.48. The van der Waals surface area contributed by atoms with Crippen molar-refractivity contribution in [2.75, 3.05) is 6.54 Å². The van der Waals surface area contributed by atoms with Crippen LogP contribution in [0.1, 0.15) is 29.7 Å². The zero-order valence-electron chi connectivity index (χ0n) is 11.4. The van der Waals surface area contributed by atoms with Gasteiger partial charge in [-0.2, -0.15) is 0 Å². The van der Waals surface area contributed by atoms with E-state index in [0.29, 0.717) is 11.6 Å². The largest absolute Gasteiger partial charge is 0.306 e. The predicted octanol–water partition coefficient (Wildman–Crippen LogP) is 4.63. The van der Waals surface area contributed by atoms with Gasteiger partial charge in [0.25, 0.3) is 0 Å². The van der Waals surface area contributed by atoms with Gasteiger partial charge in [-0.1, -0.05) is 36.7 Å². The Bertz CT molecular complexity index is 593. The molecule has 2 aromatic carbocycles. The minimum absolute atomic E-state index is 0.0225. The van der Waals surface area contributed by atoms with E-state index in [-0.39, 0.29) is 5.56 Å². The number of hydrogen-bond acceptors (Lipinski definition) is 1. The summed E-state index contributed by atoms with van der Waals surface area (Å²) in [4.78, 5) is 0. The molecular formula is C16H16ClF2N. The fourth-order valence-corrected chi connectivity index (χ4v) is 2.35. The van der Waals surface area contributed by atoms with Crippen LogP contribution >= 0.6 is 11.6 Å². The van der Waals surface area contributed by atoms with Crippen LogP contribution < -0.4 is 5.32 Å². The highest BCUT2D eigenvalue weighted by atomic mass is 35.5. The molecule has 1 atom stereocenters. The fourth-order valence-electron chi connectivity index (χ4n) is 2.17. The third-order valence-corrected chi connectivity index (χ3v) is 3.63. The molecule has 1 nitrogen and oxygen atoms in total. The maximum atomic E-state index is 14.0. The van der Waals surface area contributed by atoms with Crippen molar-refractivity contribution < 1.29 is 8.78 Å². The molecule has 0 amide bonds. The lowest BCUT2D eigenvalue weighted by molar-refractivity contribution is 0.510. The fraction of sp³-hybridized carbons (Fsp3) is 0.250. The van der Waals surface area contributed by atoms with Gasteiger partial charge in [-0.05, 0) is 42.8 Å². The second-order valence-corrected chi connectivity index (χ2v) is 5.04. The summed E-state index contributed by atoms with van der Waals surface area (Å²) >= 11 is 6.11. The maximum Gasteiger partial charge on any atom is 0.131 e. The molecule has 0 aliphatic carbocycles. The van der Waals surface area contributed by atoms with E-state index in [9.17, 15) is 8.78 Å². The molecule has 2 aromatic rings. The van der Waals surface area contributed by atoms with Crippen LogP contribution in [0.3, 0.4) is 0 Å². The molecule has 0 fully saturated rings. The van der Waals surface area contributed by atoms with E-state index in [0.717, 1.165) is 11.1 Å². The van der Waals surface area contributed by atoms with E-state index in [4.69, 9.17) is 11.6 Å². The molecule has 0 radical (unpaired) electrons. The summed E-state index contributed by atoms with van der Waals surface area (Å²) in [6, 6.07) is 8.76. The smallest absolute Gasteiger partial charge is 0.131 e. The first-order chi connectivity index (χ1) is 9.54. The Morgan fingerprint density at radius 3 is 2.35 bits per heavy atom. The van der Waals surface area contributed by atoms with Crippen LogP contribution in [0.5, 0.6) is 0 Å². The summed E-state index contributed by atoms with van der Waals surface area (Å²) in [5.41, 5.74) is 1.69. The Morgan fingerprint density at radius 1 is 1.15 bits per heavy atom. The van der Waals surface area contributed by atoms with Gasteiger partial charge in [0.1, 0.15) is 11.6 Å². The third-order valence-electron chi connectivity index (χ3n) is 3.23. The van der Waals surface area contributed by atoms with Crippen molar-refractivity contribution in [3.8, 4) is 0 Å². The quantitative estimate of drug-likeness (QED) is 0.867. The first kappa shape index (κ1) is 14.9. The zero-order valence-corrected chi connectivity index (χ0v) is 12.1. The van der Waals surface area contributed by atoms with Crippen LogP contribution in [0.2, 0.25) is 5.02 Å².